The van der Waals surface area contributed by atoms with Crippen molar-refractivity contribution in [1.82, 2.24) is 24.6 Å². The molecule has 248 valence electrons. The zero-order valence-electron chi connectivity index (χ0n) is 28.5. The van der Waals surface area contributed by atoms with Crippen molar-refractivity contribution in [3.63, 3.8) is 0 Å². The summed E-state index contributed by atoms with van der Waals surface area (Å²) in [5.41, 5.74) is 9.33. The van der Waals surface area contributed by atoms with E-state index >= 15 is 0 Å². The Kier molecular flexibility index (Phi) is 8.54. The van der Waals surface area contributed by atoms with Gasteiger partial charge in [-0.25, -0.2) is 9.78 Å². The summed E-state index contributed by atoms with van der Waals surface area (Å²) in [7, 11) is 3.37. The highest BCUT2D eigenvalue weighted by molar-refractivity contribution is 5.93. The lowest BCUT2D eigenvalue weighted by Crippen LogP contribution is -2.42. The fourth-order valence-electron chi connectivity index (χ4n) is 7.01. The number of nitrogens with zero attached hydrogens (tertiary/aromatic N) is 5. The Bertz CT molecular complexity index is 1940. The first-order chi connectivity index (χ1) is 23.2. The number of aryl methyl sites for hydroxylation is 1. The lowest BCUT2D eigenvalue weighted by atomic mass is 9.98. The van der Waals surface area contributed by atoms with Gasteiger partial charge in [-0.1, -0.05) is 30.3 Å². The minimum absolute atomic E-state index is 0.138. The minimum Gasteiger partial charge on any atom is -0.497 e. The highest BCUT2D eigenvalue weighted by Crippen LogP contribution is 2.40. The number of hydrogen-bond donors (Lipinski definition) is 0. The molecule has 1 amide bonds. The summed E-state index contributed by atoms with van der Waals surface area (Å²) >= 11 is 0. The summed E-state index contributed by atoms with van der Waals surface area (Å²) in [6.07, 6.45) is 7.67. The Morgan fingerprint density at radius 3 is 2.50 bits per heavy atom. The van der Waals surface area contributed by atoms with E-state index in [1.165, 1.54) is 11.1 Å². The average molecular weight is 646 g/mol. The number of piperidine rings is 1. The molecule has 0 bridgehead atoms. The van der Waals surface area contributed by atoms with Crippen molar-refractivity contribution in [2.24, 2.45) is 0 Å². The lowest BCUT2D eigenvalue weighted by Gasteiger charge is -2.36. The van der Waals surface area contributed by atoms with Crippen molar-refractivity contribution in [3.05, 3.63) is 89.2 Å². The van der Waals surface area contributed by atoms with Crippen molar-refractivity contribution in [2.75, 3.05) is 20.8 Å². The average Bonchev–Trinajstić information content (AvgIpc) is 3.72. The Hall–Kier alpha value is -4.92. The van der Waals surface area contributed by atoms with Gasteiger partial charge in [0, 0.05) is 29.9 Å². The van der Waals surface area contributed by atoms with Gasteiger partial charge in [0.25, 0.3) is 0 Å². The smallest absolute Gasteiger partial charge is 0.410 e. The van der Waals surface area contributed by atoms with Crippen LogP contribution in [0, 0.1) is 0 Å². The standard InChI is InChI=1S/C39H43N5O4/c1-39(2,3)48-38(45)43-21-7-6-14-32(43)31-20-17-27(23-40-31)35-37-33(44(42-35)24-25-15-18-28(46-4)19-16-25)22-34(47-5)36(41-37)30-13-9-11-26-10-8-12-29(26)30/h9,11,13,15-20,22-23,32H,6-8,10,12,14,21,24H2,1-5H3. The molecule has 1 saturated heterocycles. The van der Waals surface area contributed by atoms with Gasteiger partial charge < -0.3 is 14.2 Å². The van der Waals surface area contributed by atoms with Crippen molar-refractivity contribution < 1.29 is 19.0 Å². The SMILES string of the molecule is COc1ccc(Cn2nc(-c3ccc(C4CCCCN4C(=O)OC(C)(C)C)nc3)c3nc(-c4cccc5c4CCC5)c(OC)cc32)cc1. The van der Waals surface area contributed by atoms with Gasteiger partial charge >= 0.3 is 6.09 Å². The molecule has 2 aliphatic rings. The second-order valence-corrected chi connectivity index (χ2v) is 13.7. The number of carbonyl (C=O) groups excluding carboxylic acids is 1. The summed E-state index contributed by atoms with van der Waals surface area (Å²) < 4.78 is 19.1. The van der Waals surface area contributed by atoms with E-state index < -0.39 is 5.60 Å². The van der Waals surface area contributed by atoms with Crippen molar-refractivity contribution in [3.8, 4) is 34.0 Å². The fraction of sp³-hybridized carbons (Fsp3) is 0.385. The van der Waals surface area contributed by atoms with E-state index in [2.05, 4.69) is 42.5 Å². The minimum atomic E-state index is -0.559. The largest absolute Gasteiger partial charge is 0.497 e. The second kappa shape index (κ2) is 12.9. The van der Waals surface area contributed by atoms with E-state index in [0.717, 1.165) is 94.8 Å². The van der Waals surface area contributed by atoms with Crippen LogP contribution in [0.2, 0.25) is 0 Å². The van der Waals surface area contributed by atoms with Gasteiger partial charge in [0.05, 0.1) is 38.0 Å². The Labute approximate surface area is 281 Å². The molecule has 0 spiro atoms. The molecule has 48 heavy (non-hydrogen) atoms. The molecule has 4 heterocycles. The highest BCUT2D eigenvalue weighted by Gasteiger charge is 2.32. The predicted molar refractivity (Wildman–Crippen MR) is 186 cm³/mol. The van der Waals surface area contributed by atoms with Gasteiger partial charge in [-0.3, -0.25) is 14.6 Å². The van der Waals surface area contributed by atoms with E-state index in [9.17, 15) is 4.79 Å². The Morgan fingerprint density at radius 2 is 1.77 bits per heavy atom. The van der Waals surface area contributed by atoms with Crippen LogP contribution in [0.1, 0.15) is 74.9 Å². The normalized spacial score (nSPS) is 16.2. The first-order valence-corrected chi connectivity index (χ1v) is 16.9. The number of pyridine rings is 2. The van der Waals surface area contributed by atoms with Crippen LogP contribution in [0.15, 0.2) is 66.9 Å². The van der Waals surface area contributed by atoms with Crippen LogP contribution < -0.4 is 9.47 Å². The summed E-state index contributed by atoms with van der Waals surface area (Å²) in [4.78, 5) is 25.2. The number of ether oxygens (including phenoxy) is 3. The van der Waals surface area contributed by atoms with Gasteiger partial charge in [-0.05, 0) is 100 Å². The topological polar surface area (TPSA) is 91.6 Å². The maximum absolute atomic E-state index is 13.1. The molecule has 1 atom stereocenters. The zero-order valence-corrected chi connectivity index (χ0v) is 28.5. The molecule has 1 aliphatic carbocycles. The van der Waals surface area contributed by atoms with E-state index in [1.807, 2.05) is 54.7 Å². The summed E-state index contributed by atoms with van der Waals surface area (Å²) in [6.45, 7) is 6.89. The van der Waals surface area contributed by atoms with Crippen molar-refractivity contribution in [1.29, 1.82) is 0 Å². The van der Waals surface area contributed by atoms with Crippen LogP contribution in [0.3, 0.4) is 0 Å². The molecule has 0 radical (unpaired) electrons. The molecule has 2 aromatic carbocycles. The molecule has 0 saturated carbocycles. The van der Waals surface area contributed by atoms with E-state index in [0.29, 0.717) is 13.1 Å². The van der Waals surface area contributed by atoms with Crippen molar-refractivity contribution >= 4 is 17.1 Å². The Morgan fingerprint density at radius 1 is 0.938 bits per heavy atom. The second-order valence-electron chi connectivity index (χ2n) is 13.7. The van der Waals surface area contributed by atoms with Crippen LogP contribution in [0.5, 0.6) is 11.5 Å². The van der Waals surface area contributed by atoms with Gasteiger partial charge in [0.2, 0.25) is 0 Å². The third-order valence-corrected chi connectivity index (χ3v) is 9.33. The van der Waals surface area contributed by atoms with Gasteiger partial charge in [0.1, 0.15) is 34.0 Å². The number of amides is 1. The van der Waals surface area contributed by atoms with E-state index in [1.54, 1.807) is 14.2 Å². The quantitative estimate of drug-likeness (QED) is 0.176. The van der Waals surface area contributed by atoms with Crippen LogP contribution in [0.25, 0.3) is 33.5 Å². The number of carbonyl (C=O) groups is 1. The summed E-state index contributed by atoms with van der Waals surface area (Å²) in [5, 5.41) is 5.15. The monoisotopic (exact) mass is 645 g/mol. The molecule has 3 aromatic heterocycles. The van der Waals surface area contributed by atoms with Crippen LogP contribution >= 0.6 is 0 Å². The number of rotatable bonds is 7. The molecule has 7 rings (SSSR count). The number of hydrogen-bond acceptors (Lipinski definition) is 7. The van der Waals surface area contributed by atoms with Gasteiger partial charge in [0.15, 0.2) is 0 Å². The van der Waals surface area contributed by atoms with E-state index in [4.69, 9.17) is 29.3 Å². The molecule has 9 heteroatoms. The predicted octanol–water partition coefficient (Wildman–Crippen LogP) is 8.18. The molecular weight excluding hydrogens is 602 g/mol. The number of aromatic nitrogens is 4. The third-order valence-electron chi connectivity index (χ3n) is 9.33. The summed E-state index contributed by atoms with van der Waals surface area (Å²) in [5.74, 6) is 1.53. The fourth-order valence-corrected chi connectivity index (χ4v) is 7.01. The number of likely N-dealkylation sites (tertiary alicyclic amines) is 1. The number of fused-ring (bicyclic) bond motifs is 2. The maximum atomic E-state index is 13.1. The van der Waals surface area contributed by atoms with E-state index in [-0.39, 0.29) is 12.1 Å². The number of methoxy groups -OCH3 is 2. The molecule has 1 unspecified atom stereocenters. The Balaban J connectivity index is 1.31. The first-order valence-electron chi connectivity index (χ1n) is 16.9. The van der Waals surface area contributed by atoms with Crippen LogP contribution in [-0.2, 0) is 24.1 Å². The van der Waals surface area contributed by atoms with Gasteiger partial charge in [-0.15, -0.1) is 0 Å². The van der Waals surface area contributed by atoms with Crippen molar-refractivity contribution in [2.45, 2.75) is 77.5 Å². The molecule has 5 aromatic rings. The summed E-state index contributed by atoms with van der Waals surface area (Å²) in [6, 6.07) is 20.5. The lowest BCUT2D eigenvalue weighted by molar-refractivity contribution is 0.00900. The van der Waals surface area contributed by atoms with Crippen LogP contribution in [-0.4, -0.2) is 57.1 Å². The zero-order chi connectivity index (χ0) is 33.4. The van der Waals surface area contributed by atoms with Gasteiger partial charge in [-0.2, -0.15) is 5.10 Å². The molecular formula is C39H43N5O4. The molecule has 1 fully saturated rings. The highest BCUT2D eigenvalue weighted by atomic mass is 16.6. The molecule has 1 aliphatic heterocycles. The molecule has 0 N–H and O–H groups in total. The number of benzene rings is 2. The maximum Gasteiger partial charge on any atom is 0.410 e. The first kappa shape index (κ1) is 31.7. The molecule has 9 nitrogen and oxygen atoms in total. The van der Waals surface area contributed by atoms with Crippen LogP contribution in [0.4, 0.5) is 4.79 Å². The third kappa shape index (κ3) is 6.21.